The highest BCUT2D eigenvalue weighted by atomic mass is 35.5. The number of nitrogens with zero attached hydrogens (tertiary/aromatic N) is 1. The van der Waals surface area contributed by atoms with Crippen LogP contribution < -0.4 is 20.1 Å². The minimum absolute atomic E-state index is 0.0108. The molecule has 0 aromatic heterocycles. The number of amides is 1. The van der Waals surface area contributed by atoms with Crippen LogP contribution in [0.2, 0.25) is 10.0 Å². The zero-order valence-corrected chi connectivity index (χ0v) is 26.5. The predicted molar refractivity (Wildman–Crippen MR) is 173 cm³/mol. The number of fused-ring (bicyclic) bond motifs is 2. The second kappa shape index (κ2) is 12.9. The van der Waals surface area contributed by atoms with E-state index in [1.807, 2.05) is 31.2 Å². The lowest BCUT2D eigenvalue weighted by Gasteiger charge is -2.41. The summed E-state index contributed by atoms with van der Waals surface area (Å²) in [6.07, 6.45) is 2.94. The zero-order chi connectivity index (χ0) is 30.1. The summed E-state index contributed by atoms with van der Waals surface area (Å²) < 4.78 is 11.8. The fraction of sp³-hybridized carbons (Fsp3) is 0.400. The average Bonchev–Trinajstić information content (AvgIpc) is 3.82. The number of hydrogen-bond acceptors (Lipinski definition) is 5. The molecule has 6 rings (SSSR count). The van der Waals surface area contributed by atoms with Gasteiger partial charge in [-0.25, -0.2) is 0 Å². The number of nitrogens with one attached hydrogen (secondary N) is 2. The van der Waals surface area contributed by atoms with Gasteiger partial charge in [0.25, 0.3) is 5.91 Å². The van der Waals surface area contributed by atoms with Crippen molar-refractivity contribution in [2.24, 2.45) is 0 Å². The van der Waals surface area contributed by atoms with Gasteiger partial charge in [-0.2, -0.15) is 0 Å². The summed E-state index contributed by atoms with van der Waals surface area (Å²) in [4.78, 5) is 16.6. The molecule has 226 valence electrons. The number of piperazine rings is 1. The van der Waals surface area contributed by atoms with Crippen molar-refractivity contribution in [3.05, 3.63) is 98.0 Å². The van der Waals surface area contributed by atoms with Gasteiger partial charge in [0.2, 0.25) is 0 Å². The van der Waals surface area contributed by atoms with Gasteiger partial charge in [-0.1, -0.05) is 53.5 Å². The summed E-state index contributed by atoms with van der Waals surface area (Å²) in [6, 6.07) is 18.7. The van der Waals surface area contributed by atoms with E-state index in [4.69, 9.17) is 32.7 Å². The molecule has 1 saturated carbocycles. The topological polar surface area (TPSA) is 62.8 Å². The third-order valence-electron chi connectivity index (χ3n) is 8.78. The predicted octanol–water partition coefficient (Wildman–Crippen LogP) is 6.65. The fourth-order valence-corrected chi connectivity index (χ4v) is 6.90. The molecule has 3 aliphatic rings. The van der Waals surface area contributed by atoms with Gasteiger partial charge >= 0.3 is 0 Å². The van der Waals surface area contributed by atoms with Crippen LogP contribution in [0.15, 0.2) is 60.2 Å². The maximum Gasteiger partial charge on any atom is 0.252 e. The number of hydrogen-bond donors (Lipinski definition) is 2. The molecule has 2 N–H and O–H groups in total. The van der Waals surface area contributed by atoms with Gasteiger partial charge in [0.15, 0.2) is 5.75 Å². The molecular formula is C35H39Cl2N3O3. The molecule has 43 heavy (non-hydrogen) atoms. The third kappa shape index (κ3) is 6.73. The fourth-order valence-electron chi connectivity index (χ4n) is 6.19. The van der Waals surface area contributed by atoms with Crippen LogP contribution >= 0.6 is 23.2 Å². The lowest BCUT2D eigenvalue weighted by atomic mass is 9.83. The van der Waals surface area contributed by atoms with Crippen LogP contribution in [0.4, 0.5) is 0 Å². The first kappa shape index (κ1) is 30.0. The molecule has 2 heterocycles. The smallest absolute Gasteiger partial charge is 0.252 e. The van der Waals surface area contributed by atoms with Gasteiger partial charge in [0.05, 0.1) is 16.1 Å². The van der Waals surface area contributed by atoms with Gasteiger partial charge in [-0.05, 0) is 97.7 Å². The normalized spacial score (nSPS) is 19.7. The molecule has 2 fully saturated rings. The number of rotatable bonds is 10. The first-order chi connectivity index (χ1) is 20.8. The summed E-state index contributed by atoms with van der Waals surface area (Å²) in [5.74, 6) is 1.37. The van der Waals surface area contributed by atoms with Gasteiger partial charge in [0.1, 0.15) is 19.0 Å². The van der Waals surface area contributed by atoms with Crippen LogP contribution in [0.1, 0.15) is 47.1 Å². The number of ether oxygens (including phenoxy) is 2. The Bertz CT molecular complexity index is 1510. The third-order valence-corrected chi connectivity index (χ3v) is 9.34. The molecule has 1 aliphatic carbocycles. The molecule has 1 saturated heterocycles. The molecule has 0 spiro atoms. The molecular weight excluding hydrogens is 581 g/mol. The van der Waals surface area contributed by atoms with Crippen LogP contribution in [-0.2, 0) is 11.3 Å². The van der Waals surface area contributed by atoms with E-state index >= 15 is 0 Å². The van der Waals surface area contributed by atoms with E-state index in [0.29, 0.717) is 47.6 Å². The second-order valence-corrected chi connectivity index (χ2v) is 12.8. The molecule has 3 aromatic rings. The maximum atomic E-state index is 14.4. The number of aryl methyl sites for hydroxylation is 2. The molecule has 0 radical (unpaired) electrons. The van der Waals surface area contributed by atoms with Crippen molar-refractivity contribution in [1.82, 2.24) is 15.5 Å². The molecule has 2 aliphatic heterocycles. The second-order valence-electron chi connectivity index (χ2n) is 12.0. The van der Waals surface area contributed by atoms with E-state index in [2.05, 4.69) is 59.7 Å². The SMILES string of the molecule is Cc1cc(Cl)c(OCCOc2ccc(C3=C(C(=O)N(Cc4cccc(C)c4C)C4CC4)C4CNC[C@H](C3)N4)cc2)c(Cl)c1. The van der Waals surface area contributed by atoms with Crippen molar-refractivity contribution in [2.45, 2.75) is 64.7 Å². The highest BCUT2D eigenvalue weighted by Crippen LogP contribution is 2.37. The first-order valence-electron chi connectivity index (χ1n) is 15.2. The molecule has 8 heteroatoms. The Morgan fingerprint density at radius 1 is 0.953 bits per heavy atom. The summed E-state index contributed by atoms with van der Waals surface area (Å²) >= 11 is 12.6. The largest absolute Gasteiger partial charge is 0.490 e. The van der Waals surface area contributed by atoms with E-state index in [1.165, 1.54) is 16.7 Å². The zero-order valence-electron chi connectivity index (χ0n) is 25.0. The van der Waals surface area contributed by atoms with Gasteiger partial charge in [0, 0.05) is 37.3 Å². The molecule has 6 nitrogen and oxygen atoms in total. The Hall–Kier alpha value is -3.03. The van der Waals surface area contributed by atoms with Crippen molar-refractivity contribution in [3.8, 4) is 11.5 Å². The minimum Gasteiger partial charge on any atom is -0.490 e. The number of carbonyl (C=O) groups excluding carboxylic acids is 1. The van der Waals surface area contributed by atoms with Crippen LogP contribution in [0, 0.1) is 20.8 Å². The molecule has 3 aromatic carbocycles. The van der Waals surface area contributed by atoms with E-state index < -0.39 is 0 Å². The van der Waals surface area contributed by atoms with Crippen LogP contribution in [0.5, 0.6) is 11.5 Å². The lowest BCUT2D eigenvalue weighted by Crippen LogP contribution is -2.60. The van der Waals surface area contributed by atoms with Crippen molar-refractivity contribution < 1.29 is 14.3 Å². The molecule has 1 unspecified atom stereocenters. The van der Waals surface area contributed by atoms with Crippen LogP contribution in [0.25, 0.3) is 5.57 Å². The summed E-state index contributed by atoms with van der Waals surface area (Å²) in [5, 5.41) is 8.24. The quantitative estimate of drug-likeness (QED) is 0.249. The van der Waals surface area contributed by atoms with Gasteiger partial charge < -0.3 is 25.0 Å². The van der Waals surface area contributed by atoms with Crippen molar-refractivity contribution in [2.75, 3.05) is 26.3 Å². The maximum absolute atomic E-state index is 14.4. The Balaban J connectivity index is 1.19. The molecule has 1 amide bonds. The number of benzene rings is 3. The Labute approximate surface area is 264 Å². The van der Waals surface area contributed by atoms with E-state index in [9.17, 15) is 4.79 Å². The first-order valence-corrected chi connectivity index (χ1v) is 15.9. The summed E-state index contributed by atoms with van der Waals surface area (Å²) in [7, 11) is 0. The monoisotopic (exact) mass is 619 g/mol. The van der Waals surface area contributed by atoms with Crippen LogP contribution in [0.3, 0.4) is 0 Å². The Kier molecular flexibility index (Phi) is 9.01. The van der Waals surface area contributed by atoms with Crippen molar-refractivity contribution >= 4 is 34.7 Å². The standard InChI is InChI=1S/C35H39Cl2N3O3/c1-21-15-30(36)34(31(37)16-21)43-14-13-42-28-11-7-24(8-12-28)29-17-26-18-38-19-32(39-26)33(29)35(41)40(27-9-10-27)20-25-6-4-5-22(2)23(25)3/h4-8,11-12,15-16,26-27,32,38-39H,9-10,13-14,17-20H2,1-3H3/t26-,32?/m0/s1. The Morgan fingerprint density at radius 2 is 1.67 bits per heavy atom. The average molecular weight is 621 g/mol. The molecule has 2 bridgehead atoms. The summed E-state index contributed by atoms with van der Waals surface area (Å²) in [6.45, 7) is 9.18. The summed E-state index contributed by atoms with van der Waals surface area (Å²) in [5.41, 5.74) is 7.85. The number of halogens is 2. The number of carbonyl (C=O) groups is 1. The Morgan fingerprint density at radius 3 is 2.40 bits per heavy atom. The van der Waals surface area contributed by atoms with Gasteiger partial charge in [-0.15, -0.1) is 0 Å². The van der Waals surface area contributed by atoms with E-state index in [1.54, 1.807) is 0 Å². The van der Waals surface area contributed by atoms with Crippen molar-refractivity contribution in [3.63, 3.8) is 0 Å². The van der Waals surface area contributed by atoms with E-state index in [-0.39, 0.29) is 11.9 Å². The molecule has 2 atom stereocenters. The van der Waals surface area contributed by atoms with E-state index in [0.717, 1.165) is 60.4 Å². The lowest BCUT2D eigenvalue weighted by molar-refractivity contribution is -0.128. The highest BCUT2D eigenvalue weighted by molar-refractivity contribution is 6.37. The highest BCUT2D eigenvalue weighted by Gasteiger charge is 2.41. The van der Waals surface area contributed by atoms with Gasteiger partial charge in [-0.3, -0.25) is 4.79 Å². The minimum atomic E-state index is -0.0108. The van der Waals surface area contributed by atoms with Crippen LogP contribution in [-0.4, -0.2) is 55.2 Å². The van der Waals surface area contributed by atoms with Crippen molar-refractivity contribution in [1.29, 1.82) is 0 Å².